The highest BCUT2D eigenvalue weighted by Crippen LogP contribution is 2.46. The van der Waals surface area contributed by atoms with E-state index in [0.717, 1.165) is 48.4 Å². The quantitative estimate of drug-likeness (QED) is 0.340. The minimum Gasteiger partial charge on any atom is -0.346 e. The summed E-state index contributed by atoms with van der Waals surface area (Å²) in [7, 11) is -4.75. The fourth-order valence-electron chi connectivity index (χ4n) is 3.61. The zero-order valence-electron chi connectivity index (χ0n) is 17.4. The van der Waals surface area contributed by atoms with Crippen molar-refractivity contribution in [1.82, 2.24) is 5.32 Å². The summed E-state index contributed by atoms with van der Waals surface area (Å²) in [5.74, 6) is -0.151. The van der Waals surface area contributed by atoms with Crippen LogP contribution in [0.3, 0.4) is 0 Å². The van der Waals surface area contributed by atoms with Crippen LogP contribution in [0, 0.1) is 0 Å². The van der Waals surface area contributed by atoms with Gasteiger partial charge in [-0.2, -0.15) is 0 Å². The monoisotopic (exact) mass is 421 g/mol. The maximum Gasteiger partial charge on any atom is 0.470 e. The summed E-state index contributed by atoms with van der Waals surface area (Å²) in [5.41, 5.74) is -0.554. The largest absolute Gasteiger partial charge is 0.470 e. The Balaban J connectivity index is 2.29. The normalized spacial score (nSPS) is 13.4. The first-order valence-electron chi connectivity index (χ1n) is 10.2. The highest BCUT2D eigenvalue weighted by molar-refractivity contribution is 7.46. The Hall–Kier alpha value is -1.72. The van der Waals surface area contributed by atoms with Gasteiger partial charge in [-0.05, 0) is 36.6 Å². The highest BCUT2D eigenvalue weighted by atomic mass is 31.2. The van der Waals surface area contributed by atoms with Gasteiger partial charge in [0.25, 0.3) is 0 Å². The minimum absolute atomic E-state index is 0.151. The van der Waals surface area contributed by atoms with Gasteiger partial charge in [-0.25, -0.2) is 4.57 Å². The van der Waals surface area contributed by atoms with E-state index >= 15 is 0 Å². The van der Waals surface area contributed by atoms with E-state index in [2.05, 4.69) is 12.2 Å². The Morgan fingerprint density at radius 1 is 1.07 bits per heavy atom. The number of phosphoric acid groups is 1. The van der Waals surface area contributed by atoms with Gasteiger partial charge in [0.2, 0.25) is 5.91 Å². The number of phosphoric ester groups is 1. The first kappa shape index (κ1) is 23.6. The smallest absolute Gasteiger partial charge is 0.346 e. The number of carbonyl (C=O) groups excluding carboxylic acids is 1. The molecule has 0 aliphatic rings. The van der Waals surface area contributed by atoms with Crippen LogP contribution in [0.15, 0.2) is 42.5 Å². The molecule has 1 atom stereocenters. The molecular formula is C22H32NO5P. The summed E-state index contributed by atoms with van der Waals surface area (Å²) in [4.78, 5) is 31.4. The molecule has 0 aliphatic carbocycles. The predicted octanol–water partition coefficient (Wildman–Crippen LogP) is 5.25. The number of fused-ring (bicyclic) bond motifs is 1. The number of hydrogen-bond acceptors (Lipinski definition) is 3. The molecule has 0 fully saturated rings. The number of benzene rings is 2. The molecule has 0 aromatic heterocycles. The Morgan fingerprint density at radius 3 is 2.41 bits per heavy atom. The number of rotatable bonds is 11. The fraction of sp³-hybridized carbons (Fsp3) is 0.500. The van der Waals surface area contributed by atoms with E-state index in [1.54, 1.807) is 13.8 Å². The molecule has 0 saturated carbocycles. The van der Waals surface area contributed by atoms with Gasteiger partial charge in [-0.1, -0.05) is 75.1 Å². The van der Waals surface area contributed by atoms with Crippen LogP contribution < -0.4 is 5.32 Å². The lowest BCUT2D eigenvalue weighted by Gasteiger charge is -2.35. The van der Waals surface area contributed by atoms with Crippen molar-refractivity contribution in [1.29, 1.82) is 0 Å². The molecule has 3 N–H and O–H groups in total. The molecule has 2 rings (SSSR count). The lowest BCUT2D eigenvalue weighted by molar-refractivity contribution is -0.123. The first-order valence-corrected chi connectivity index (χ1v) is 11.7. The van der Waals surface area contributed by atoms with E-state index in [4.69, 9.17) is 4.52 Å². The lowest BCUT2D eigenvalue weighted by Crippen LogP contribution is -2.43. The molecule has 6 nitrogen and oxygen atoms in total. The zero-order valence-corrected chi connectivity index (χ0v) is 18.3. The maximum absolute atomic E-state index is 12.6. The number of amides is 1. The van der Waals surface area contributed by atoms with E-state index in [1.165, 1.54) is 0 Å². The first-order chi connectivity index (χ1) is 13.6. The number of hydrogen-bond donors (Lipinski definition) is 3. The van der Waals surface area contributed by atoms with Crippen molar-refractivity contribution >= 4 is 24.5 Å². The van der Waals surface area contributed by atoms with Crippen LogP contribution in [0.5, 0.6) is 0 Å². The second-order valence-corrected chi connectivity index (χ2v) is 9.08. The maximum atomic E-state index is 12.6. The van der Waals surface area contributed by atoms with Gasteiger partial charge in [0, 0.05) is 6.42 Å². The third-order valence-corrected chi connectivity index (χ3v) is 5.70. The van der Waals surface area contributed by atoms with Crippen molar-refractivity contribution in [2.45, 2.75) is 70.9 Å². The second kappa shape index (κ2) is 10.4. The summed E-state index contributed by atoms with van der Waals surface area (Å²) < 4.78 is 16.7. The summed E-state index contributed by atoms with van der Waals surface area (Å²) >= 11 is 0. The van der Waals surface area contributed by atoms with Crippen molar-refractivity contribution in [3.63, 3.8) is 0 Å². The third kappa shape index (κ3) is 7.23. The van der Waals surface area contributed by atoms with E-state index in [1.807, 2.05) is 42.5 Å². The van der Waals surface area contributed by atoms with Gasteiger partial charge in [0.15, 0.2) is 0 Å². The van der Waals surface area contributed by atoms with Gasteiger partial charge in [0.1, 0.15) is 0 Å². The van der Waals surface area contributed by atoms with E-state index in [9.17, 15) is 19.1 Å². The molecule has 0 bridgehead atoms. The summed E-state index contributed by atoms with van der Waals surface area (Å²) in [6, 6.07) is 12.7. The SMILES string of the molecule is CCCCCCCC(=O)NC(c1cccc2ccccc12)C(C)(C)OP(=O)(O)O. The summed E-state index contributed by atoms with van der Waals surface area (Å²) in [5, 5.41) is 4.86. The molecule has 160 valence electrons. The lowest BCUT2D eigenvalue weighted by atomic mass is 9.88. The summed E-state index contributed by atoms with van der Waals surface area (Å²) in [6.45, 7) is 5.31. The third-order valence-electron chi connectivity index (χ3n) is 5.00. The van der Waals surface area contributed by atoms with E-state index < -0.39 is 19.5 Å². The Bertz CT molecular complexity index is 856. The minimum atomic E-state index is -4.75. The van der Waals surface area contributed by atoms with Crippen molar-refractivity contribution in [2.75, 3.05) is 0 Å². The molecular weight excluding hydrogens is 389 g/mol. The van der Waals surface area contributed by atoms with Crippen LogP contribution in [0.4, 0.5) is 0 Å². The van der Waals surface area contributed by atoms with Gasteiger partial charge in [-0.15, -0.1) is 0 Å². The van der Waals surface area contributed by atoms with Gasteiger partial charge in [-0.3, -0.25) is 9.32 Å². The molecule has 1 unspecified atom stereocenters. The Morgan fingerprint density at radius 2 is 1.72 bits per heavy atom. The van der Waals surface area contributed by atoms with Gasteiger partial charge >= 0.3 is 7.82 Å². The van der Waals surface area contributed by atoms with Crippen molar-refractivity contribution in [3.05, 3.63) is 48.0 Å². The molecule has 0 aliphatic heterocycles. The Kier molecular flexibility index (Phi) is 8.41. The molecule has 0 saturated heterocycles. The van der Waals surface area contributed by atoms with Crippen molar-refractivity contribution < 1.29 is 23.7 Å². The van der Waals surface area contributed by atoms with E-state index in [0.29, 0.717) is 6.42 Å². The van der Waals surface area contributed by atoms with Crippen molar-refractivity contribution in [3.8, 4) is 0 Å². The van der Waals surface area contributed by atoms with Crippen LogP contribution >= 0.6 is 7.82 Å². The highest BCUT2D eigenvalue weighted by Gasteiger charge is 2.39. The van der Waals surface area contributed by atoms with Crippen LogP contribution in [0.1, 0.15) is 70.9 Å². The molecule has 1 amide bonds. The molecule has 2 aromatic rings. The number of carbonyl (C=O) groups is 1. The zero-order chi connectivity index (χ0) is 21.5. The Labute approximate surface area is 172 Å². The van der Waals surface area contributed by atoms with E-state index in [-0.39, 0.29) is 5.91 Å². The van der Waals surface area contributed by atoms with Gasteiger partial charge < -0.3 is 15.1 Å². The molecule has 7 heteroatoms. The number of nitrogens with one attached hydrogen (secondary N) is 1. The predicted molar refractivity (Wildman–Crippen MR) is 115 cm³/mol. The fourth-order valence-corrected chi connectivity index (χ4v) is 4.33. The second-order valence-electron chi connectivity index (χ2n) is 7.92. The molecule has 0 heterocycles. The van der Waals surface area contributed by atoms with Crippen LogP contribution in [0.25, 0.3) is 10.8 Å². The number of unbranched alkanes of at least 4 members (excludes halogenated alkanes) is 4. The summed E-state index contributed by atoms with van der Waals surface area (Å²) in [6.07, 6.45) is 5.55. The standard InChI is InChI=1S/C22H32NO5P/c1-4-5-6-7-8-16-20(24)23-21(22(2,3)28-29(25,26)27)19-15-11-13-17-12-9-10-14-18(17)19/h9-15,21H,4-8,16H2,1-3H3,(H,23,24)(H2,25,26,27). The van der Waals surface area contributed by atoms with Crippen LogP contribution in [0.2, 0.25) is 0 Å². The average molecular weight is 421 g/mol. The average Bonchev–Trinajstić information content (AvgIpc) is 2.63. The van der Waals surface area contributed by atoms with Crippen molar-refractivity contribution in [2.24, 2.45) is 0 Å². The van der Waals surface area contributed by atoms with Crippen LogP contribution in [-0.2, 0) is 13.9 Å². The van der Waals surface area contributed by atoms with Crippen LogP contribution in [-0.4, -0.2) is 21.3 Å². The molecule has 2 aromatic carbocycles. The molecule has 29 heavy (non-hydrogen) atoms. The topological polar surface area (TPSA) is 95.9 Å². The molecule has 0 spiro atoms. The van der Waals surface area contributed by atoms with Gasteiger partial charge in [0.05, 0.1) is 11.6 Å². The molecule has 0 radical (unpaired) electrons.